The second kappa shape index (κ2) is 15.1. The zero-order chi connectivity index (χ0) is 15.1. The summed E-state index contributed by atoms with van der Waals surface area (Å²) < 4.78 is 0. The monoisotopic (exact) mass is 295 g/mol. The molecule has 122 valence electrons. The van der Waals surface area contributed by atoms with Gasteiger partial charge in [-0.3, -0.25) is 9.68 Å². The highest BCUT2D eigenvalue weighted by Crippen LogP contribution is 1.92. The summed E-state index contributed by atoms with van der Waals surface area (Å²) in [7, 11) is 1.55. The van der Waals surface area contributed by atoms with E-state index in [2.05, 4.69) is 10.2 Å². The first kappa shape index (κ1) is 19.7. The van der Waals surface area contributed by atoms with Crippen LogP contribution in [0.5, 0.6) is 0 Å². The first-order valence-corrected chi connectivity index (χ1v) is 6.99. The molecule has 8 nitrogen and oxygen atoms in total. The lowest BCUT2D eigenvalue weighted by Crippen LogP contribution is -2.43. The van der Waals surface area contributed by atoms with Gasteiger partial charge in [-0.2, -0.15) is 0 Å². The van der Waals surface area contributed by atoms with Crippen molar-refractivity contribution < 1.29 is 25.0 Å². The number of nitrogens with one attached hydrogen (secondary N) is 1. The molecule has 1 fully saturated rings. The van der Waals surface area contributed by atoms with Crippen molar-refractivity contribution in [1.82, 2.24) is 15.4 Å². The van der Waals surface area contributed by atoms with E-state index in [1.165, 1.54) is 0 Å². The summed E-state index contributed by atoms with van der Waals surface area (Å²) in [5.41, 5.74) is 0. The van der Waals surface area contributed by atoms with Gasteiger partial charge in [0, 0.05) is 46.4 Å². The molecular formula is C12H29N3O5. The second-order valence-corrected chi connectivity index (χ2v) is 4.22. The average molecular weight is 295 g/mol. The van der Waals surface area contributed by atoms with Crippen molar-refractivity contribution in [2.45, 2.75) is 6.42 Å². The maximum absolute atomic E-state index is 8.55. The Balaban J connectivity index is 0.000000361. The Hall–Kier alpha value is -0.320. The van der Waals surface area contributed by atoms with Crippen LogP contribution in [0.4, 0.5) is 0 Å². The predicted octanol–water partition coefficient (Wildman–Crippen LogP) is -1.96. The highest BCUT2D eigenvalue weighted by Gasteiger charge is 2.07. The summed E-state index contributed by atoms with van der Waals surface area (Å²) in [5, 5.41) is 29.5. The van der Waals surface area contributed by atoms with Crippen molar-refractivity contribution in [3.8, 4) is 0 Å². The molecule has 0 saturated carbocycles. The molecule has 0 spiro atoms. The largest absolute Gasteiger partial charge is 0.396 e. The standard InChI is InChI=1S/C7H16N2O.C5H13NO4/c10-7-1-4-9-5-2-8-3-6-9;1-6(9-4-2-7)10-5-3-8/h8,10H,1-7H2;7-8H,2-5H2,1H3. The number of hydrogen-bond donors (Lipinski definition) is 4. The van der Waals surface area contributed by atoms with Crippen LogP contribution < -0.4 is 5.32 Å². The Morgan fingerprint density at radius 3 is 2.00 bits per heavy atom. The summed E-state index contributed by atoms with van der Waals surface area (Å²) in [6, 6.07) is 0. The van der Waals surface area contributed by atoms with Crippen LogP contribution >= 0.6 is 0 Å². The zero-order valence-corrected chi connectivity index (χ0v) is 12.3. The molecule has 0 radical (unpaired) electrons. The Labute approximate surface area is 120 Å². The van der Waals surface area contributed by atoms with Crippen LogP contribution in [-0.2, 0) is 9.68 Å². The zero-order valence-electron chi connectivity index (χ0n) is 12.3. The Kier molecular flexibility index (Phi) is 14.8. The van der Waals surface area contributed by atoms with E-state index in [0.29, 0.717) is 6.61 Å². The van der Waals surface area contributed by atoms with Crippen molar-refractivity contribution >= 4 is 0 Å². The van der Waals surface area contributed by atoms with Crippen LogP contribution in [0, 0.1) is 0 Å². The lowest BCUT2D eigenvalue weighted by Gasteiger charge is -2.26. The molecule has 8 heteroatoms. The van der Waals surface area contributed by atoms with Gasteiger partial charge in [0.25, 0.3) is 0 Å². The number of hydrogen-bond acceptors (Lipinski definition) is 8. The van der Waals surface area contributed by atoms with Crippen molar-refractivity contribution in [1.29, 1.82) is 0 Å². The summed E-state index contributed by atoms with van der Waals surface area (Å²) in [6.07, 6.45) is 0.917. The van der Waals surface area contributed by atoms with Gasteiger partial charge in [-0.25, -0.2) is 0 Å². The molecule has 1 heterocycles. The molecule has 0 amide bonds. The molecule has 0 aliphatic carbocycles. The molecular weight excluding hydrogens is 266 g/mol. The fraction of sp³-hybridized carbons (Fsp3) is 1.00. The number of aliphatic hydroxyl groups excluding tert-OH is 3. The summed E-state index contributed by atoms with van der Waals surface area (Å²) in [6.45, 7) is 6.16. The molecule has 20 heavy (non-hydrogen) atoms. The first-order valence-electron chi connectivity index (χ1n) is 6.99. The van der Waals surface area contributed by atoms with E-state index in [-0.39, 0.29) is 26.4 Å². The Morgan fingerprint density at radius 1 is 1.00 bits per heavy atom. The molecule has 1 aliphatic heterocycles. The third kappa shape index (κ3) is 12.7. The lowest BCUT2D eigenvalue weighted by atomic mass is 10.3. The molecule has 0 aromatic carbocycles. The van der Waals surface area contributed by atoms with Crippen LogP contribution in [0.15, 0.2) is 0 Å². The summed E-state index contributed by atoms with van der Waals surface area (Å²) in [5.74, 6) is 0. The van der Waals surface area contributed by atoms with Crippen molar-refractivity contribution in [2.24, 2.45) is 0 Å². The predicted molar refractivity (Wildman–Crippen MR) is 74.9 cm³/mol. The summed E-state index contributed by atoms with van der Waals surface area (Å²) >= 11 is 0. The summed E-state index contributed by atoms with van der Waals surface area (Å²) in [4.78, 5) is 11.9. The van der Waals surface area contributed by atoms with Gasteiger partial charge in [-0.1, -0.05) is 5.23 Å². The minimum absolute atomic E-state index is 0.0488. The van der Waals surface area contributed by atoms with Crippen LogP contribution in [-0.4, -0.2) is 98.3 Å². The molecule has 1 rings (SSSR count). The van der Waals surface area contributed by atoms with Crippen LogP contribution in [0.3, 0.4) is 0 Å². The van der Waals surface area contributed by atoms with Gasteiger partial charge in [0.2, 0.25) is 0 Å². The van der Waals surface area contributed by atoms with E-state index >= 15 is 0 Å². The minimum atomic E-state index is -0.0488. The van der Waals surface area contributed by atoms with E-state index in [4.69, 9.17) is 25.0 Å². The van der Waals surface area contributed by atoms with E-state index in [1.807, 2.05) is 0 Å². The smallest absolute Gasteiger partial charge is 0.0942 e. The molecule has 0 unspecified atom stereocenters. The lowest BCUT2D eigenvalue weighted by molar-refractivity contribution is -0.356. The third-order valence-corrected chi connectivity index (χ3v) is 2.57. The van der Waals surface area contributed by atoms with Gasteiger partial charge in [0.15, 0.2) is 0 Å². The molecule has 4 N–H and O–H groups in total. The van der Waals surface area contributed by atoms with Crippen molar-refractivity contribution in [3.63, 3.8) is 0 Å². The minimum Gasteiger partial charge on any atom is -0.396 e. The fourth-order valence-corrected chi connectivity index (χ4v) is 1.61. The Bertz CT molecular complexity index is 186. The fourth-order valence-electron chi connectivity index (χ4n) is 1.61. The van der Waals surface area contributed by atoms with Crippen LogP contribution in [0.25, 0.3) is 0 Å². The normalized spacial score (nSPS) is 16.1. The quantitative estimate of drug-likeness (QED) is 0.364. The van der Waals surface area contributed by atoms with Gasteiger partial charge in [0.1, 0.15) is 0 Å². The van der Waals surface area contributed by atoms with E-state index in [1.54, 1.807) is 7.05 Å². The third-order valence-electron chi connectivity index (χ3n) is 2.57. The van der Waals surface area contributed by atoms with Crippen LogP contribution in [0.2, 0.25) is 0 Å². The van der Waals surface area contributed by atoms with E-state index in [0.717, 1.165) is 44.4 Å². The number of piperazine rings is 1. The van der Waals surface area contributed by atoms with E-state index < -0.39 is 0 Å². The van der Waals surface area contributed by atoms with Gasteiger partial charge in [-0.15, -0.1) is 0 Å². The number of nitrogens with zero attached hydrogens (tertiary/aromatic N) is 2. The molecule has 0 aromatic heterocycles. The maximum atomic E-state index is 8.55. The molecule has 1 aliphatic rings. The number of aliphatic hydroxyl groups is 3. The highest BCUT2D eigenvalue weighted by atomic mass is 16.9. The second-order valence-electron chi connectivity index (χ2n) is 4.22. The average Bonchev–Trinajstić information content (AvgIpc) is 2.50. The van der Waals surface area contributed by atoms with Crippen molar-refractivity contribution in [2.75, 3.05) is 72.8 Å². The number of hydroxylamine groups is 2. The van der Waals surface area contributed by atoms with Crippen molar-refractivity contribution in [3.05, 3.63) is 0 Å². The van der Waals surface area contributed by atoms with Crippen LogP contribution in [0.1, 0.15) is 6.42 Å². The van der Waals surface area contributed by atoms with Gasteiger partial charge in [-0.05, 0) is 6.42 Å². The SMILES string of the molecule is CN(OCCO)OCCO.OCCCN1CCNCC1. The van der Waals surface area contributed by atoms with Gasteiger partial charge < -0.3 is 25.5 Å². The number of rotatable bonds is 9. The maximum Gasteiger partial charge on any atom is 0.0942 e. The topological polar surface area (TPSA) is 97.7 Å². The highest BCUT2D eigenvalue weighted by molar-refractivity contribution is 4.66. The molecule has 1 saturated heterocycles. The van der Waals surface area contributed by atoms with Gasteiger partial charge >= 0.3 is 0 Å². The van der Waals surface area contributed by atoms with Gasteiger partial charge in [0.05, 0.1) is 26.4 Å². The first-order chi connectivity index (χ1) is 9.74. The molecule has 0 bridgehead atoms. The Morgan fingerprint density at radius 2 is 1.55 bits per heavy atom. The molecule has 0 aromatic rings. The van der Waals surface area contributed by atoms with E-state index in [9.17, 15) is 0 Å². The molecule has 0 atom stereocenters.